The molecule has 144 valence electrons. The molecule has 0 atom stereocenters. The molecular formula is C22H14O7. The van der Waals surface area contributed by atoms with Crippen LogP contribution in [0.3, 0.4) is 0 Å². The lowest BCUT2D eigenvalue weighted by Crippen LogP contribution is -2.23. The molecule has 0 aliphatic heterocycles. The topological polar surface area (TPSA) is 118 Å². The highest BCUT2D eigenvalue weighted by molar-refractivity contribution is 6.33. The number of aromatic hydroxyl groups is 2. The largest absolute Gasteiger partial charge is 0.506 e. The normalized spacial score (nSPS) is 12.5. The van der Waals surface area contributed by atoms with E-state index < -0.39 is 29.0 Å². The van der Waals surface area contributed by atoms with Gasteiger partial charge < -0.3 is 14.9 Å². The van der Waals surface area contributed by atoms with Crippen LogP contribution in [0.5, 0.6) is 17.2 Å². The summed E-state index contributed by atoms with van der Waals surface area (Å²) in [4.78, 5) is 49.3. The quantitative estimate of drug-likeness (QED) is 0.234. The number of benzene rings is 3. The molecule has 0 spiro atoms. The number of rotatable bonds is 2. The van der Waals surface area contributed by atoms with Gasteiger partial charge >= 0.3 is 5.97 Å². The molecule has 4 rings (SSSR count). The molecule has 0 radical (unpaired) electrons. The van der Waals surface area contributed by atoms with Crippen LogP contribution in [0.1, 0.15) is 56.0 Å². The zero-order valence-electron chi connectivity index (χ0n) is 15.4. The van der Waals surface area contributed by atoms with Crippen molar-refractivity contribution >= 4 is 34.1 Å². The predicted octanol–water partition coefficient (Wildman–Crippen LogP) is 3.15. The number of ketones is 3. The minimum absolute atomic E-state index is 0.0574. The molecule has 1 aliphatic carbocycles. The fourth-order valence-electron chi connectivity index (χ4n) is 3.57. The van der Waals surface area contributed by atoms with Crippen molar-refractivity contribution in [3.63, 3.8) is 0 Å². The van der Waals surface area contributed by atoms with E-state index in [1.165, 1.54) is 43.3 Å². The molecule has 0 saturated heterocycles. The van der Waals surface area contributed by atoms with Gasteiger partial charge in [0.15, 0.2) is 11.6 Å². The van der Waals surface area contributed by atoms with Crippen LogP contribution >= 0.6 is 0 Å². The van der Waals surface area contributed by atoms with Gasteiger partial charge in [-0.1, -0.05) is 18.2 Å². The first kappa shape index (κ1) is 18.4. The molecule has 7 heteroatoms. The molecule has 0 unspecified atom stereocenters. The SMILES string of the molecule is CC(=O)Oc1cccc2c1C(=O)c1c(c(O)c3cc(C(C)=O)ccc3c1O)C2=O. The Morgan fingerprint density at radius 1 is 0.828 bits per heavy atom. The van der Waals surface area contributed by atoms with Crippen molar-refractivity contribution in [2.45, 2.75) is 13.8 Å². The molecular weight excluding hydrogens is 376 g/mol. The molecule has 29 heavy (non-hydrogen) atoms. The summed E-state index contributed by atoms with van der Waals surface area (Å²) in [6.07, 6.45) is 0. The van der Waals surface area contributed by atoms with Gasteiger partial charge in [-0.25, -0.2) is 0 Å². The van der Waals surface area contributed by atoms with E-state index in [0.29, 0.717) is 0 Å². The first-order valence-corrected chi connectivity index (χ1v) is 8.65. The third kappa shape index (κ3) is 2.59. The summed E-state index contributed by atoms with van der Waals surface area (Å²) in [5.41, 5.74) is -0.664. The maximum absolute atomic E-state index is 13.2. The van der Waals surface area contributed by atoms with Gasteiger partial charge in [-0.2, -0.15) is 0 Å². The second-order valence-corrected chi connectivity index (χ2v) is 6.69. The minimum Gasteiger partial charge on any atom is -0.506 e. The van der Waals surface area contributed by atoms with Crippen LogP contribution in [0, 0.1) is 0 Å². The van der Waals surface area contributed by atoms with Crippen LogP contribution in [0.25, 0.3) is 10.8 Å². The van der Waals surface area contributed by atoms with E-state index in [1.54, 1.807) is 0 Å². The van der Waals surface area contributed by atoms with E-state index in [1.807, 2.05) is 0 Å². The maximum Gasteiger partial charge on any atom is 0.308 e. The molecule has 0 saturated carbocycles. The predicted molar refractivity (Wildman–Crippen MR) is 102 cm³/mol. The highest BCUT2D eigenvalue weighted by Gasteiger charge is 2.38. The maximum atomic E-state index is 13.2. The number of carbonyl (C=O) groups is 4. The standard InChI is InChI=1S/C22H14O7/c1-9(23)11-6-7-12-14(8-11)21(27)17-18(19(12)25)22(28)16-13(20(17)26)4-3-5-15(16)29-10(2)24/h3-8,25,27H,1-2H3. The van der Waals surface area contributed by atoms with E-state index in [4.69, 9.17) is 4.74 Å². The Bertz CT molecular complexity index is 1280. The zero-order chi connectivity index (χ0) is 21.0. The first-order chi connectivity index (χ1) is 13.7. The van der Waals surface area contributed by atoms with Crippen LogP contribution in [0.15, 0.2) is 36.4 Å². The van der Waals surface area contributed by atoms with Crippen LogP contribution in [-0.2, 0) is 4.79 Å². The second-order valence-electron chi connectivity index (χ2n) is 6.69. The first-order valence-electron chi connectivity index (χ1n) is 8.65. The van der Waals surface area contributed by atoms with Gasteiger partial charge in [0.2, 0.25) is 5.78 Å². The molecule has 0 fully saturated rings. The Kier molecular flexibility index (Phi) is 3.97. The van der Waals surface area contributed by atoms with Crippen molar-refractivity contribution in [3.05, 3.63) is 64.2 Å². The van der Waals surface area contributed by atoms with Crippen LogP contribution in [0.4, 0.5) is 0 Å². The molecule has 3 aromatic rings. The fraction of sp³-hybridized carbons (Fsp3) is 0.0909. The van der Waals surface area contributed by atoms with Gasteiger partial charge in [0, 0.05) is 28.8 Å². The van der Waals surface area contributed by atoms with Crippen LogP contribution in [-0.4, -0.2) is 33.5 Å². The van der Waals surface area contributed by atoms with Gasteiger partial charge in [-0.05, 0) is 25.1 Å². The van der Waals surface area contributed by atoms with Gasteiger partial charge in [-0.15, -0.1) is 0 Å². The van der Waals surface area contributed by atoms with Gasteiger partial charge in [0.25, 0.3) is 0 Å². The van der Waals surface area contributed by atoms with Crippen molar-refractivity contribution in [2.75, 3.05) is 0 Å². The molecule has 0 amide bonds. The fourth-order valence-corrected chi connectivity index (χ4v) is 3.57. The summed E-state index contributed by atoms with van der Waals surface area (Å²) in [6, 6.07) is 8.39. The molecule has 0 heterocycles. The average Bonchev–Trinajstić information content (AvgIpc) is 2.67. The van der Waals surface area contributed by atoms with E-state index in [-0.39, 0.29) is 50.1 Å². The third-order valence-electron chi connectivity index (χ3n) is 4.87. The molecule has 3 aromatic carbocycles. The Balaban J connectivity index is 2.07. The van der Waals surface area contributed by atoms with Gasteiger partial charge in [-0.3, -0.25) is 19.2 Å². The second kappa shape index (κ2) is 6.27. The smallest absolute Gasteiger partial charge is 0.308 e. The van der Waals surface area contributed by atoms with Crippen LogP contribution in [0.2, 0.25) is 0 Å². The lowest BCUT2D eigenvalue weighted by Gasteiger charge is -2.22. The Labute approximate surface area is 164 Å². The zero-order valence-corrected chi connectivity index (χ0v) is 15.4. The van der Waals surface area contributed by atoms with E-state index in [9.17, 15) is 29.4 Å². The number of carbonyl (C=O) groups excluding carboxylic acids is 4. The molecule has 2 N–H and O–H groups in total. The van der Waals surface area contributed by atoms with Gasteiger partial charge in [0.1, 0.15) is 17.2 Å². The molecule has 7 nitrogen and oxygen atoms in total. The van der Waals surface area contributed by atoms with Gasteiger partial charge in [0.05, 0.1) is 16.7 Å². The Hall–Kier alpha value is -4.00. The average molecular weight is 390 g/mol. The highest BCUT2D eigenvalue weighted by Crippen LogP contribution is 2.46. The van der Waals surface area contributed by atoms with E-state index in [0.717, 1.165) is 6.92 Å². The number of hydrogen-bond donors (Lipinski definition) is 2. The summed E-state index contributed by atoms with van der Waals surface area (Å²) in [5.74, 6) is -3.50. The number of phenols is 2. The van der Waals surface area contributed by atoms with Crippen molar-refractivity contribution < 1.29 is 34.1 Å². The molecule has 0 bridgehead atoms. The summed E-state index contributed by atoms with van der Waals surface area (Å²) in [7, 11) is 0. The Morgan fingerprint density at radius 2 is 1.48 bits per heavy atom. The lowest BCUT2D eigenvalue weighted by molar-refractivity contribution is -0.131. The van der Waals surface area contributed by atoms with E-state index >= 15 is 0 Å². The number of phenolic OH excluding ortho intramolecular Hbond substituents is 2. The summed E-state index contributed by atoms with van der Waals surface area (Å²) >= 11 is 0. The number of esters is 1. The number of fused-ring (bicyclic) bond motifs is 3. The minimum atomic E-state index is -0.753. The number of Topliss-reactive ketones (excluding diaryl/α,β-unsaturated/α-hetero) is 1. The highest BCUT2D eigenvalue weighted by atomic mass is 16.5. The van der Waals surface area contributed by atoms with E-state index in [2.05, 4.69) is 0 Å². The number of hydrogen-bond acceptors (Lipinski definition) is 7. The van der Waals surface area contributed by atoms with Crippen molar-refractivity contribution in [1.82, 2.24) is 0 Å². The third-order valence-corrected chi connectivity index (χ3v) is 4.87. The van der Waals surface area contributed by atoms with Crippen molar-refractivity contribution in [3.8, 4) is 17.2 Å². The lowest BCUT2D eigenvalue weighted by atomic mass is 9.80. The van der Waals surface area contributed by atoms with Crippen molar-refractivity contribution in [2.24, 2.45) is 0 Å². The summed E-state index contributed by atoms with van der Waals surface area (Å²) in [5, 5.41) is 21.7. The van der Waals surface area contributed by atoms with Crippen molar-refractivity contribution in [1.29, 1.82) is 0 Å². The molecule has 0 aromatic heterocycles. The molecule has 1 aliphatic rings. The monoisotopic (exact) mass is 390 g/mol. The number of ether oxygens (including phenoxy) is 1. The Morgan fingerprint density at radius 3 is 2.14 bits per heavy atom. The van der Waals surface area contributed by atoms with Crippen LogP contribution < -0.4 is 4.74 Å². The summed E-state index contributed by atoms with van der Waals surface area (Å²) in [6.45, 7) is 2.50. The summed E-state index contributed by atoms with van der Waals surface area (Å²) < 4.78 is 5.05.